The predicted octanol–water partition coefficient (Wildman–Crippen LogP) is 2.56. The zero-order valence-electron chi connectivity index (χ0n) is 15.0. The minimum absolute atomic E-state index is 0.0582. The molecule has 2 heterocycles. The minimum atomic E-state index is 0.0582. The van der Waals surface area contributed by atoms with Gasteiger partial charge in [0.2, 0.25) is 5.91 Å². The Labute approximate surface area is 153 Å². The number of nitrogens with zero attached hydrogens (tertiary/aromatic N) is 3. The highest BCUT2D eigenvalue weighted by Gasteiger charge is 2.28. The van der Waals surface area contributed by atoms with E-state index in [0.29, 0.717) is 31.6 Å². The van der Waals surface area contributed by atoms with Crippen molar-refractivity contribution in [1.82, 2.24) is 4.90 Å². The molecule has 0 spiro atoms. The number of hydrogen-bond acceptors (Lipinski definition) is 3. The highest BCUT2D eigenvalue weighted by molar-refractivity contribution is 6.03. The standard InChI is InChI=1S/C21H23N3O2/c1-2-24-19-9-8-16(14-17(19)15-20(24)25)21(26)23-12-10-22(11-13-23)18-6-4-3-5-7-18/h3-9,14H,2,10-13,15H2,1H3. The van der Waals surface area contributed by atoms with Crippen molar-refractivity contribution in [2.24, 2.45) is 0 Å². The summed E-state index contributed by atoms with van der Waals surface area (Å²) in [6, 6.07) is 16.0. The largest absolute Gasteiger partial charge is 0.368 e. The van der Waals surface area contributed by atoms with Crippen LogP contribution in [0.4, 0.5) is 11.4 Å². The summed E-state index contributed by atoms with van der Waals surface area (Å²) in [4.78, 5) is 30.9. The van der Waals surface area contributed by atoms with Crippen LogP contribution in [0.5, 0.6) is 0 Å². The number of para-hydroxylation sites is 1. The Morgan fingerprint density at radius 2 is 1.73 bits per heavy atom. The first kappa shape index (κ1) is 16.6. The average Bonchev–Trinajstić information content (AvgIpc) is 3.02. The van der Waals surface area contributed by atoms with E-state index < -0.39 is 0 Å². The van der Waals surface area contributed by atoms with Gasteiger partial charge in [0.1, 0.15) is 0 Å². The smallest absolute Gasteiger partial charge is 0.253 e. The quantitative estimate of drug-likeness (QED) is 0.855. The van der Waals surface area contributed by atoms with Gasteiger partial charge >= 0.3 is 0 Å². The van der Waals surface area contributed by atoms with Crippen LogP contribution in [0.25, 0.3) is 0 Å². The van der Waals surface area contributed by atoms with Gasteiger partial charge in [-0.05, 0) is 42.8 Å². The second-order valence-corrected chi connectivity index (χ2v) is 6.77. The fourth-order valence-electron chi connectivity index (χ4n) is 3.85. The van der Waals surface area contributed by atoms with E-state index >= 15 is 0 Å². The fourth-order valence-corrected chi connectivity index (χ4v) is 3.85. The molecule has 1 fully saturated rings. The first-order chi connectivity index (χ1) is 12.7. The third-order valence-electron chi connectivity index (χ3n) is 5.26. The van der Waals surface area contributed by atoms with Gasteiger partial charge in [-0.15, -0.1) is 0 Å². The molecule has 5 heteroatoms. The first-order valence-corrected chi connectivity index (χ1v) is 9.20. The number of anilines is 2. The van der Waals surface area contributed by atoms with Crippen molar-refractivity contribution in [3.8, 4) is 0 Å². The Hall–Kier alpha value is -2.82. The van der Waals surface area contributed by atoms with Crippen molar-refractivity contribution in [3.63, 3.8) is 0 Å². The number of amides is 2. The van der Waals surface area contributed by atoms with Crippen LogP contribution < -0.4 is 9.80 Å². The number of carbonyl (C=O) groups is 2. The average molecular weight is 349 g/mol. The molecule has 0 bridgehead atoms. The highest BCUT2D eigenvalue weighted by Crippen LogP contribution is 2.30. The van der Waals surface area contributed by atoms with Gasteiger partial charge in [0.25, 0.3) is 5.91 Å². The minimum Gasteiger partial charge on any atom is -0.368 e. The van der Waals surface area contributed by atoms with E-state index in [0.717, 1.165) is 24.3 Å². The molecule has 0 unspecified atom stereocenters. The molecule has 2 aromatic carbocycles. The second kappa shape index (κ2) is 6.83. The van der Waals surface area contributed by atoms with Gasteiger partial charge in [0.05, 0.1) is 6.42 Å². The Kier molecular flexibility index (Phi) is 4.37. The summed E-state index contributed by atoms with van der Waals surface area (Å²) in [6.45, 7) is 5.74. The predicted molar refractivity (Wildman–Crippen MR) is 103 cm³/mol. The van der Waals surface area contributed by atoms with Crippen LogP contribution >= 0.6 is 0 Å². The van der Waals surface area contributed by atoms with Crippen LogP contribution in [-0.4, -0.2) is 49.4 Å². The van der Waals surface area contributed by atoms with Gasteiger partial charge in [-0.2, -0.15) is 0 Å². The highest BCUT2D eigenvalue weighted by atomic mass is 16.2. The van der Waals surface area contributed by atoms with Crippen LogP contribution in [0.3, 0.4) is 0 Å². The van der Waals surface area contributed by atoms with Gasteiger partial charge in [0, 0.05) is 49.7 Å². The summed E-state index contributed by atoms with van der Waals surface area (Å²) in [6.07, 6.45) is 0.395. The van der Waals surface area contributed by atoms with Crippen LogP contribution in [0.15, 0.2) is 48.5 Å². The van der Waals surface area contributed by atoms with Crippen LogP contribution in [0.2, 0.25) is 0 Å². The summed E-state index contributed by atoms with van der Waals surface area (Å²) in [5, 5.41) is 0. The molecule has 5 nitrogen and oxygen atoms in total. The van der Waals surface area contributed by atoms with E-state index in [2.05, 4.69) is 17.0 Å². The van der Waals surface area contributed by atoms with Gasteiger partial charge in [-0.25, -0.2) is 0 Å². The van der Waals surface area contributed by atoms with E-state index in [4.69, 9.17) is 0 Å². The maximum atomic E-state index is 12.9. The SMILES string of the molecule is CCN1C(=O)Cc2cc(C(=O)N3CCN(c4ccccc4)CC3)ccc21. The van der Waals surface area contributed by atoms with Crippen molar-refractivity contribution >= 4 is 23.2 Å². The van der Waals surface area contributed by atoms with Gasteiger partial charge in [0.15, 0.2) is 0 Å². The summed E-state index contributed by atoms with van der Waals surface area (Å²) in [5.41, 5.74) is 3.80. The molecule has 2 aliphatic rings. The molecule has 134 valence electrons. The third-order valence-corrected chi connectivity index (χ3v) is 5.26. The van der Waals surface area contributed by atoms with Crippen molar-refractivity contribution in [2.45, 2.75) is 13.3 Å². The molecule has 1 saturated heterocycles. The lowest BCUT2D eigenvalue weighted by Crippen LogP contribution is -2.48. The van der Waals surface area contributed by atoms with Crippen molar-refractivity contribution in [2.75, 3.05) is 42.5 Å². The lowest BCUT2D eigenvalue weighted by atomic mass is 10.1. The molecule has 4 rings (SSSR count). The molecule has 2 amide bonds. The van der Waals surface area contributed by atoms with E-state index in [1.54, 1.807) is 4.90 Å². The number of benzene rings is 2. The van der Waals surface area contributed by atoms with Gasteiger partial charge < -0.3 is 14.7 Å². The third kappa shape index (κ3) is 2.94. The Balaban J connectivity index is 1.45. The molecule has 0 atom stereocenters. The first-order valence-electron chi connectivity index (χ1n) is 9.20. The molecule has 2 aliphatic heterocycles. The molecule has 0 aromatic heterocycles. The molecular formula is C21H23N3O2. The lowest BCUT2D eigenvalue weighted by Gasteiger charge is -2.36. The molecular weight excluding hydrogens is 326 g/mol. The summed E-state index contributed by atoms with van der Waals surface area (Å²) >= 11 is 0. The zero-order chi connectivity index (χ0) is 18.1. The van der Waals surface area contributed by atoms with E-state index in [1.807, 2.05) is 48.2 Å². The zero-order valence-corrected chi connectivity index (χ0v) is 15.0. The summed E-state index contributed by atoms with van der Waals surface area (Å²) in [5.74, 6) is 0.173. The van der Waals surface area contributed by atoms with Gasteiger partial charge in [-0.1, -0.05) is 18.2 Å². The van der Waals surface area contributed by atoms with Crippen molar-refractivity contribution in [3.05, 3.63) is 59.7 Å². The maximum absolute atomic E-state index is 12.9. The topological polar surface area (TPSA) is 43.9 Å². The van der Waals surface area contributed by atoms with E-state index in [-0.39, 0.29) is 11.8 Å². The van der Waals surface area contributed by atoms with Crippen LogP contribution in [0, 0.1) is 0 Å². The van der Waals surface area contributed by atoms with E-state index in [9.17, 15) is 9.59 Å². The maximum Gasteiger partial charge on any atom is 0.253 e. The number of carbonyl (C=O) groups excluding carboxylic acids is 2. The summed E-state index contributed by atoms with van der Waals surface area (Å²) < 4.78 is 0. The lowest BCUT2D eigenvalue weighted by molar-refractivity contribution is -0.117. The van der Waals surface area contributed by atoms with Crippen molar-refractivity contribution in [1.29, 1.82) is 0 Å². The fraction of sp³-hybridized carbons (Fsp3) is 0.333. The van der Waals surface area contributed by atoms with Crippen LogP contribution in [-0.2, 0) is 11.2 Å². The number of likely N-dealkylation sites (N-methyl/N-ethyl adjacent to an activating group) is 1. The monoisotopic (exact) mass is 349 g/mol. The number of hydrogen-bond donors (Lipinski definition) is 0. The Bertz CT molecular complexity index is 826. The van der Waals surface area contributed by atoms with Crippen LogP contribution in [0.1, 0.15) is 22.8 Å². The van der Waals surface area contributed by atoms with Crippen molar-refractivity contribution < 1.29 is 9.59 Å². The van der Waals surface area contributed by atoms with E-state index in [1.165, 1.54) is 5.69 Å². The number of rotatable bonds is 3. The molecule has 0 N–H and O–H groups in total. The molecule has 0 aliphatic carbocycles. The Morgan fingerprint density at radius 3 is 2.42 bits per heavy atom. The molecule has 2 aromatic rings. The second-order valence-electron chi connectivity index (χ2n) is 6.77. The number of fused-ring (bicyclic) bond motifs is 1. The molecule has 26 heavy (non-hydrogen) atoms. The summed E-state index contributed by atoms with van der Waals surface area (Å²) in [7, 11) is 0. The Morgan fingerprint density at radius 1 is 1.00 bits per heavy atom. The normalized spacial score (nSPS) is 16.8. The van der Waals surface area contributed by atoms with Gasteiger partial charge in [-0.3, -0.25) is 9.59 Å². The molecule has 0 saturated carbocycles. The molecule has 0 radical (unpaired) electrons. The number of piperazine rings is 1.